The van der Waals surface area contributed by atoms with Crippen molar-refractivity contribution in [3.8, 4) is 23.0 Å². The van der Waals surface area contributed by atoms with Crippen LogP contribution in [0.2, 0.25) is 0 Å². The fraction of sp³-hybridized carbons (Fsp3) is 0.483. The van der Waals surface area contributed by atoms with Crippen molar-refractivity contribution < 1.29 is 79.5 Å². The molecule has 2 saturated heterocycles. The molecule has 2 fully saturated rings. The van der Waals surface area contributed by atoms with E-state index in [1.807, 2.05) is 0 Å². The number of rotatable bonds is 10. The molecule has 2 aromatic rings. The Morgan fingerprint density at radius 1 is 0.800 bits per heavy atom. The summed E-state index contributed by atoms with van der Waals surface area (Å²) in [4.78, 5) is 12.7. The zero-order valence-corrected chi connectivity index (χ0v) is 23.8. The minimum atomic E-state index is -1.84. The molecule has 0 radical (unpaired) electrons. The fourth-order valence-electron chi connectivity index (χ4n) is 4.68. The lowest BCUT2D eigenvalue weighted by Gasteiger charge is -2.43. The number of carbonyl (C=O) groups excluding carboxylic acids is 1. The van der Waals surface area contributed by atoms with Gasteiger partial charge < -0.3 is 74.7 Å². The second-order valence-electron chi connectivity index (χ2n) is 10.6. The van der Waals surface area contributed by atoms with Gasteiger partial charge in [0.15, 0.2) is 41.7 Å². The van der Waals surface area contributed by atoms with Gasteiger partial charge in [-0.1, -0.05) is 12.1 Å². The third-order valence-electron chi connectivity index (χ3n) is 7.34. The maximum atomic E-state index is 12.7. The average molecular weight is 641 g/mol. The summed E-state index contributed by atoms with van der Waals surface area (Å²) in [6.45, 7) is 0.342. The lowest BCUT2D eigenvalue weighted by atomic mass is 9.98. The predicted molar refractivity (Wildman–Crippen MR) is 148 cm³/mol. The Balaban J connectivity index is 1.48. The van der Waals surface area contributed by atoms with Crippen LogP contribution in [0.25, 0.3) is 6.08 Å². The van der Waals surface area contributed by atoms with Gasteiger partial charge in [0.25, 0.3) is 0 Å². The molecule has 16 nitrogen and oxygen atoms in total. The molecule has 0 bridgehead atoms. The fourth-order valence-corrected chi connectivity index (χ4v) is 4.68. The molecule has 0 unspecified atom stereocenters. The van der Waals surface area contributed by atoms with Gasteiger partial charge in [0, 0.05) is 6.08 Å². The third-order valence-corrected chi connectivity index (χ3v) is 7.34. The molecule has 2 heterocycles. The molecule has 0 aromatic heterocycles. The molecule has 45 heavy (non-hydrogen) atoms. The highest BCUT2D eigenvalue weighted by molar-refractivity contribution is 5.87. The first-order valence-electron chi connectivity index (χ1n) is 13.8. The molecule has 0 spiro atoms. The Hall–Kier alpha value is -3.55. The van der Waals surface area contributed by atoms with Crippen LogP contribution in [0.15, 0.2) is 42.5 Å². The molecule has 0 saturated carbocycles. The van der Waals surface area contributed by atoms with Crippen molar-refractivity contribution in [2.45, 2.75) is 74.4 Å². The Morgan fingerprint density at radius 3 is 2.09 bits per heavy atom. The summed E-state index contributed by atoms with van der Waals surface area (Å²) in [6.07, 6.45) is -14.6. The van der Waals surface area contributed by atoms with Gasteiger partial charge in [0.1, 0.15) is 42.7 Å². The first-order chi connectivity index (χ1) is 21.3. The van der Waals surface area contributed by atoms with Crippen molar-refractivity contribution in [2.75, 3.05) is 13.2 Å². The average Bonchev–Trinajstić information content (AvgIpc) is 3.01. The molecule has 2 aliphatic rings. The van der Waals surface area contributed by atoms with Gasteiger partial charge in [-0.3, -0.25) is 0 Å². The van der Waals surface area contributed by atoms with Crippen molar-refractivity contribution >= 4 is 12.0 Å². The SMILES string of the molecule is C[C@H]1O[C@H](OC[C@@H]2O[C@@H](OC[C@H](O)c3ccc(O)c(O)c3)[C@H](O)[C@H](O)[C@@H]2OC(=O)C=Cc2ccc(O)c(O)c2)[C@@H](O)[C@H](O)[C@H]1O. The molecule has 4 rings (SSSR count). The van der Waals surface area contributed by atoms with Crippen molar-refractivity contribution in [3.63, 3.8) is 0 Å². The number of aliphatic hydroxyl groups excluding tert-OH is 6. The standard InChI is InChI=1S/C29H36O16/c1-12-22(36)23(37)25(39)28(43-12)42-11-20-27(45-21(35)7-3-13-2-5-15(30)17(32)8-13)24(38)26(40)29(44-20)41-10-19(34)14-4-6-16(31)18(33)9-14/h2-9,12,19-20,22-34,36-40H,10-11H2,1H3/t12-,19+,20+,22+,23-,24+,25+,26-,27-,28+,29-/m1/s1. The van der Waals surface area contributed by atoms with Gasteiger partial charge in [-0.05, 0) is 48.4 Å². The Labute approximate surface area is 256 Å². The quantitative estimate of drug-likeness (QED) is 0.0802. The number of aliphatic hydroxyl groups is 6. The number of carbonyl (C=O) groups is 1. The highest BCUT2D eigenvalue weighted by Gasteiger charge is 2.49. The van der Waals surface area contributed by atoms with Crippen LogP contribution in [-0.2, 0) is 28.5 Å². The number of phenolic OH excluding ortho intramolecular Hbond substituents is 4. The Bertz CT molecular complexity index is 1340. The highest BCUT2D eigenvalue weighted by Crippen LogP contribution is 2.31. The van der Waals surface area contributed by atoms with Gasteiger partial charge in [0.05, 0.1) is 19.3 Å². The summed E-state index contributed by atoms with van der Waals surface area (Å²) in [6, 6.07) is 7.33. The van der Waals surface area contributed by atoms with E-state index in [0.717, 1.165) is 18.2 Å². The lowest BCUT2D eigenvalue weighted by molar-refractivity contribution is -0.330. The van der Waals surface area contributed by atoms with Crippen molar-refractivity contribution in [1.82, 2.24) is 0 Å². The van der Waals surface area contributed by atoms with Crippen LogP contribution >= 0.6 is 0 Å². The van der Waals surface area contributed by atoms with Crippen molar-refractivity contribution in [1.29, 1.82) is 0 Å². The van der Waals surface area contributed by atoms with E-state index in [0.29, 0.717) is 5.56 Å². The van der Waals surface area contributed by atoms with Crippen molar-refractivity contribution in [2.24, 2.45) is 0 Å². The molecule has 10 N–H and O–H groups in total. The predicted octanol–water partition coefficient (Wildman–Crippen LogP) is -1.53. The second kappa shape index (κ2) is 14.7. The molecular formula is C29H36O16. The first-order valence-corrected chi connectivity index (χ1v) is 13.8. The van der Waals surface area contributed by atoms with E-state index in [1.54, 1.807) is 0 Å². The minimum absolute atomic E-state index is 0.148. The van der Waals surface area contributed by atoms with Crippen LogP contribution in [0.4, 0.5) is 0 Å². The molecule has 2 aliphatic heterocycles. The van der Waals surface area contributed by atoms with E-state index in [-0.39, 0.29) is 11.3 Å². The monoisotopic (exact) mass is 640 g/mol. The number of esters is 1. The molecule has 0 amide bonds. The largest absolute Gasteiger partial charge is 0.504 e. The third kappa shape index (κ3) is 8.19. The summed E-state index contributed by atoms with van der Waals surface area (Å²) in [7, 11) is 0. The summed E-state index contributed by atoms with van der Waals surface area (Å²) < 4.78 is 27.5. The molecule has 248 valence electrons. The number of benzene rings is 2. The molecular weight excluding hydrogens is 604 g/mol. The van der Waals surface area contributed by atoms with Crippen LogP contribution < -0.4 is 0 Å². The van der Waals surface area contributed by atoms with Crippen molar-refractivity contribution in [3.05, 3.63) is 53.6 Å². The van der Waals surface area contributed by atoms with E-state index < -0.39 is 104 Å². The molecule has 16 heteroatoms. The number of hydrogen-bond acceptors (Lipinski definition) is 16. The second-order valence-corrected chi connectivity index (χ2v) is 10.6. The van der Waals surface area contributed by atoms with E-state index in [9.17, 15) is 55.9 Å². The normalized spacial score (nSPS) is 32.8. The van der Waals surface area contributed by atoms with Gasteiger partial charge in [-0.2, -0.15) is 0 Å². The summed E-state index contributed by atoms with van der Waals surface area (Å²) in [5.74, 6) is -2.73. The maximum absolute atomic E-state index is 12.7. The lowest BCUT2D eigenvalue weighted by Crippen LogP contribution is -2.62. The number of ether oxygens (including phenoxy) is 5. The van der Waals surface area contributed by atoms with Crippen LogP contribution in [0.3, 0.4) is 0 Å². The van der Waals surface area contributed by atoms with Gasteiger partial charge in [0.2, 0.25) is 0 Å². The number of phenols is 4. The molecule has 2 aromatic carbocycles. The smallest absolute Gasteiger partial charge is 0.331 e. The summed E-state index contributed by atoms with van der Waals surface area (Å²) >= 11 is 0. The topological polar surface area (TPSA) is 266 Å². The number of aromatic hydroxyl groups is 4. The number of hydrogen-bond donors (Lipinski definition) is 10. The maximum Gasteiger partial charge on any atom is 0.331 e. The zero-order valence-electron chi connectivity index (χ0n) is 23.8. The van der Waals surface area contributed by atoms with Crippen LogP contribution in [0.5, 0.6) is 23.0 Å². The van der Waals surface area contributed by atoms with Crippen LogP contribution in [0.1, 0.15) is 24.2 Å². The van der Waals surface area contributed by atoms with E-state index >= 15 is 0 Å². The van der Waals surface area contributed by atoms with Gasteiger partial charge >= 0.3 is 5.97 Å². The van der Waals surface area contributed by atoms with E-state index in [2.05, 4.69) is 0 Å². The molecule has 0 aliphatic carbocycles. The van der Waals surface area contributed by atoms with E-state index in [1.165, 1.54) is 37.3 Å². The summed E-state index contributed by atoms with van der Waals surface area (Å²) in [5, 5.41) is 101. The summed E-state index contributed by atoms with van der Waals surface area (Å²) in [5.41, 5.74) is 0.463. The van der Waals surface area contributed by atoms with Gasteiger partial charge in [-0.25, -0.2) is 4.79 Å². The molecule has 11 atom stereocenters. The van der Waals surface area contributed by atoms with Crippen LogP contribution in [-0.4, -0.2) is 132 Å². The Kier molecular flexibility index (Phi) is 11.2. The minimum Gasteiger partial charge on any atom is -0.504 e. The highest BCUT2D eigenvalue weighted by atomic mass is 16.7. The zero-order chi connectivity index (χ0) is 33.0. The Morgan fingerprint density at radius 2 is 1.42 bits per heavy atom. The first kappa shape index (κ1) is 34.3. The van der Waals surface area contributed by atoms with Gasteiger partial charge in [-0.15, -0.1) is 0 Å². The van der Waals surface area contributed by atoms with E-state index in [4.69, 9.17) is 23.7 Å². The van der Waals surface area contributed by atoms with Crippen LogP contribution in [0, 0.1) is 0 Å².